The van der Waals surface area contributed by atoms with Gasteiger partial charge >= 0.3 is 0 Å². The molecular formula is C18H20N6O. The number of nitrogens with one attached hydrogen (secondary N) is 1. The van der Waals surface area contributed by atoms with Gasteiger partial charge in [-0.1, -0.05) is 0 Å². The Hall–Kier alpha value is -2.96. The van der Waals surface area contributed by atoms with Crippen LogP contribution in [0.5, 0.6) is 0 Å². The number of rotatable bonds is 4. The van der Waals surface area contributed by atoms with Gasteiger partial charge in [0.25, 0.3) is 5.91 Å². The topological polar surface area (TPSA) is 75.4 Å². The average Bonchev–Trinajstić information content (AvgIpc) is 3.15. The van der Waals surface area contributed by atoms with Gasteiger partial charge in [0.15, 0.2) is 0 Å². The lowest BCUT2D eigenvalue weighted by molar-refractivity contribution is 0.0945. The van der Waals surface area contributed by atoms with Crippen molar-refractivity contribution >= 4 is 17.5 Å². The monoisotopic (exact) mass is 336 g/mol. The molecular weight excluding hydrogens is 316 g/mol. The molecule has 0 saturated carbocycles. The van der Waals surface area contributed by atoms with E-state index < -0.39 is 0 Å². The molecule has 1 fully saturated rings. The summed E-state index contributed by atoms with van der Waals surface area (Å²) < 4.78 is 1.85. The van der Waals surface area contributed by atoms with Gasteiger partial charge in [-0.05, 0) is 37.0 Å². The summed E-state index contributed by atoms with van der Waals surface area (Å²) in [6.45, 7) is 2.49. The van der Waals surface area contributed by atoms with Gasteiger partial charge < -0.3 is 14.6 Å². The number of hydrogen-bond donors (Lipinski definition) is 1. The Morgan fingerprint density at radius 3 is 2.96 bits per heavy atom. The van der Waals surface area contributed by atoms with Crippen molar-refractivity contribution in [3.63, 3.8) is 0 Å². The van der Waals surface area contributed by atoms with E-state index in [1.54, 1.807) is 18.6 Å². The summed E-state index contributed by atoms with van der Waals surface area (Å²) in [4.78, 5) is 27.4. The Morgan fingerprint density at radius 1 is 1.20 bits per heavy atom. The van der Waals surface area contributed by atoms with Crippen LogP contribution in [0.3, 0.4) is 0 Å². The van der Waals surface area contributed by atoms with Crippen LogP contribution in [0.15, 0.2) is 49.2 Å². The van der Waals surface area contributed by atoms with Crippen LogP contribution in [0.4, 0.5) is 5.95 Å². The van der Waals surface area contributed by atoms with Gasteiger partial charge in [-0.3, -0.25) is 4.79 Å². The van der Waals surface area contributed by atoms with Crippen LogP contribution in [0, 0.1) is 5.92 Å². The number of carbonyl (C=O) groups excluding carboxylic acids is 1. The van der Waals surface area contributed by atoms with Crippen molar-refractivity contribution in [1.29, 1.82) is 0 Å². The second-order valence-corrected chi connectivity index (χ2v) is 6.32. The highest BCUT2D eigenvalue weighted by atomic mass is 16.1. The number of pyridine rings is 1. The summed E-state index contributed by atoms with van der Waals surface area (Å²) in [5, 5.41) is 3.06. The first-order valence-electron chi connectivity index (χ1n) is 8.52. The molecule has 1 atom stereocenters. The highest BCUT2D eigenvalue weighted by molar-refractivity contribution is 5.94. The number of hydrogen-bond acceptors (Lipinski definition) is 5. The van der Waals surface area contributed by atoms with Crippen LogP contribution in [-0.4, -0.2) is 44.9 Å². The van der Waals surface area contributed by atoms with Gasteiger partial charge in [-0.25, -0.2) is 15.0 Å². The van der Waals surface area contributed by atoms with Crippen LogP contribution in [0.25, 0.3) is 5.65 Å². The second-order valence-electron chi connectivity index (χ2n) is 6.32. The van der Waals surface area contributed by atoms with Crippen LogP contribution >= 0.6 is 0 Å². The van der Waals surface area contributed by atoms with E-state index in [0.29, 0.717) is 18.0 Å². The zero-order valence-electron chi connectivity index (χ0n) is 13.9. The molecule has 7 nitrogen and oxygen atoms in total. The average molecular weight is 336 g/mol. The Morgan fingerprint density at radius 2 is 2.08 bits per heavy atom. The molecule has 4 heterocycles. The Labute approximate surface area is 145 Å². The maximum absolute atomic E-state index is 12.4. The van der Waals surface area contributed by atoms with Crippen LogP contribution in [-0.2, 0) is 0 Å². The summed E-state index contributed by atoms with van der Waals surface area (Å²) in [5.41, 5.74) is 1.48. The number of aromatic nitrogens is 4. The highest BCUT2D eigenvalue weighted by Gasteiger charge is 2.22. The minimum Gasteiger partial charge on any atom is -0.352 e. The Bertz CT molecular complexity index is 862. The fourth-order valence-corrected chi connectivity index (χ4v) is 3.26. The van der Waals surface area contributed by atoms with E-state index in [1.807, 2.05) is 35.0 Å². The molecule has 0 aromatic carbocycles. The molecule has 4 rings (SSSR count). The molecule has 3 aromatic rings. The smallest absolute Gasteiger partial charge is 0.252 e. The summed E-state index contributed by atoms with van der Waals surface area (Å²) in [7, 11) is 0. The molecule has 0 aliphatic carbocycles. The zero-order chi connectivity index (χ0) is 17.1. The predicted octanol–water partition coefficient (Wildman–Crippen LogP) is 1.77. The van der Waals surface area contributed by atoms with E-state index in [4.69, 9.17) is 0 Å². The third-order valence-electron chi connectivity index (χ3n) is 4.56. The number of imidazole rings is 1. The van der Waals surface area contributed by atoms with Crippen molar-refractivity contribution in [2.75, 3.05) is 24.5 Å². The summed E-state index contributed by atoms with van der Waals surface area (Å²) in [5.74, 6) is 1.12. The summed E-state index contributed by atoms with van der Waals surface area (Å²) >= 11 is 0. The normalized spacial score (nSPS) is 17.6. The van der Waals surface area contributed by atoms with Gasteiger partial charge in [0.1, 0.15) is 5.65 Å². The van der Waals surface area contributed by atoms with Gasteiger partial charge in [0.05, 0.1) is 5.56 Å². The number of carbonyl (C=O) groups is 1. The van der Waals surface area contributed by atoms with E-state index in [1.165, 1.54) is 0 Å². The molecule has 0 unspecified atom stereocenters. The SMILES string of the molecule is O=C(NC[C@H]1CCCN(c2ncccn2)C1)c1ccc2nccn2c1. The van der Waals surface area contributed by atoms with Crippen LogP contribution in [0.1, 0.15) is 23.2 Å². The molecule has 128 valence electrons. The van der Waals surface area contributed by atoms with E-state index in [9.17, 15) is 4.79 Å². The number of nitrogens with zero attached hydrogens (tertiary/aromatic N) is 5. The van der Waals surface area contributed by atoms with E-state index >= 15 is 0 Å². The van der Waals surface area contributed by atoms with E-state index in [2.05, 4.69) is 25.2 Å². The second kappa shape index (κ2) is 6.88. The lowest BCUT2D eigenvalue weighted by Crippen LogP contribution is -2.41. The quantitative estimate of drug-likeness (QED) is 0.786. The van der Waals surface area contributed by atoms with E-state index in [-0.39, 0.29) is 5.91 Å². The van der Waals surface area contributed by atoms with Crippen molar-refractivity contribution in [3.8, 4) is 0 Å². The number of fused-ring (bicyclic) bond motifs is 1. The minimum absolute atomic E-state index is 0.0521. The molecule has 0 bridgehead atoms. The van der Waals surface area contributed by atoms with Crippen LogP contribution in [0.2, 0.25) is 0 Å². The first-order chi connectivity index (χ1) is 12.3. The largest absolute Gasteiger partial charge is 0.352 e. The van der Waals surface area contributed by atoms with Crippen molar-refractivity contribution in [3.05, 3.63) is 54.7 Å². The molecule has 25 heavy (non-hydrogen) atoms. The maximum atomic E-state index is 12.4. The lowest BCUT2D eigenvalue weighted by atomic mass is 9.98. The van der Waals surface area contributed by atoms with Gasteiger partial charge in [0.2, 0.25) is 5.95 Å². The summed E-state index contributed by atoms with van der Waals surface area (Å²) in [6, 6.07) is 5.48. The van der Waals surface area contributed by atoms with Gasteiger partial charge in [-0.2, -0.15) is 0 Å². The molecule has 0 radical (unpaired) electrons. The van der Waals surface area contributed by atoms with Crippen molar-refractivity contribution in [2.24, 2.45) is 5.92 Å². The molecule has 0 spiro atoms. The Kier molecular flexibility index (Phi) is 4.28. The van der Waals surface area contributed by atoms with Crippen molar-refractivity contribution in [1.82, 2.24) is 24.7 Å². The third-order valence-corrected chi connectivity index (χ3v) is 4.56. The number of amides is 1. The van der Waals surface area contributed by atoms with Crippen molar-refractivity contribution < 1.29 is 4.79 Å². The van der Waals surface area contributed by atoms with Gasteiger partial charge in [0, 0.05) is 50.6 Å². The number of piperidine rings is 1. The fraction of sp³-hybridized carbons (Fsp3) is 0.333. The lowest BCUT2D eigenvalue weighted by Gasteiger charge is -2.32. The Balaban J connectivity index is 1.36. The molecule has 3 aromatic heterocycles. The number of anilines is 1. The molecule has 1 N–H and O–H groups in total. The fourth-order valence-electron chi connectivity index (χ4n) is 3.26. The predicted molar refractivity (Wildman–Crippen MR) is 94.5 cm³/mol. The zero-order valence-corrected chi connectivity index (χ0v) is 13.9. The van der Waals surface area contributed by atoms with Gasteiger partial charge in [-0.15, -0.1) is 0 Å². The third kappa shape index (κ3) is 3.45. The molecule has 1 amide bonds. The highest BCUT2D eigenvalue weighted by Crippen LogP contribution is 2.19. The van der Waals surface area contributed by atoms with Crippen LogP contribution < -0.4 is 10.2 Å². The minimum atomic E-state index is -0.0521. The maximum Gasteiger partial charge on any atom is 0.252 e. The first-order valence-corrected chi connectivity index (χ1v) is 8.52. The van der Waals surface area contributed by atoms with E-state index in [0.717, 1.165) is 37.5 Å². The standard InChI is InChI=1S/C18H20N6O/c25-17(15-4-5-16-19-8-10-23(16)13-15)22-11-14-3-1-9-24(12-14)18-20-6-2-7-21-18/h2,4-8,10,13-14H,1,3,9,11-12H2,(H,22,25)/t14-/m1/s1. The van der Waals surface area contributed by atoms with Crippen molar-refractivity contribution in [2.45, 2.75) is 12.8 Å². The first kappa shape index (κ1) is 15.6. The molecule has 1 aliphatic heterocycles. The molecule has 1 aliphatic rings. The summed E-state index contributed by atoms with van der Waals surface area (Å²) in [6.07, 6.45) is 11.1. The molecule has 7 heteroatoms. The molecule has 1 saturated heterocycles.